The number of carbonyl (C=O) groups excluding carboxylic acids is 2. The Morgan fingerprint density at radius 1 is 1.33 bits per heavy atom. The molecule has 5 heteroatoms. The van der Waals surface area contributed by atoms with Gasteiger partial charge < -0.3 is 16.0 Å². The molecule has 2 amide bonds. The average molecular weight is 289 g/mol. The molecule has 1 aliphatic heterocycles. The molecule has 0 radical (unpaired) electrons. The number of nitrogens with zero attached hydrogens (tertiary/aromatic N) is 1. The van der Waals surface area contributed by atoms with Gasteiger partial charge in [0.2, 0.25) is 5.91 Å². The van der Waals surface area contributed by atoms with E-state index in [0.717, 1.165) is 24.8 Å². The molecule has 1 heterocycles. The van der Waals surface area contributed by atoms with Crippen molar-refractivity contribution in [2.45, 2.75) is 31.7 Å². The first kappa shape index (κ1) is 15.5. The summed E-state index contributed by atoms with van der Waals surface area (Å²) in [5, 5.41) is 2.66. The third-order valence-electron chi connectivity index (χ3n) is 3.97. The van der Waals surface area contributed by atoms with E-state index in [1.807, 2.05) is 24.3 Å². The highest BCUT2D eigenvalue weighted by Crippen LogP contribution is 2.21. The van der Waals surface area contributed by atoms with Crippen LogP contribution in [0.5, 0.6) is 0 Å². The second-order valence-electron chi connectivity index (χ2n) is 5.32. The van der Waals surface area contributed by atoms with Gasteiger partial charge in [-0.2, -0.15) is 0 Å². The molecule has 1 fully saturated rings. The van der Waals surface area contributed by atoms with Gasteiger partial charge in [0.05, 0.1) is 0 Å². The van der Waals surface area contributed by atoms with Gasteiger partial charge in [-0.3, -0.25) is 9.59 Å². The number of hydrogen-bond acceptors (Lipinski definition) is 3. The molecule has 1 aliphatic rings. The molecule has 1 unspecified atom stereocenters. The third kappa shape index (κ3) is 3.42. The van der Waals surface area contributed by atoms with Crippen LogP contribution in [0.2, 0.25) is 0 Å². The molecule has 21 heavy (non-hydrogen) atoms. The minimum absolute atomic E-state index is 0.0626. The Bertz CT molecular complexity index is 516. The van der Waals surface area contributed by atoms with Crippen molar-refractivity contribution < 1.29 is 9.59 Å². The molecule has 0 spiro atoms. The standard InChI is InChI=1S/C16H23N3O2/c1-18-15(20)14-8-4-5-11-19(14)16(21)13-7-3-2-6-12(13)9-10-17/h2-3,6-7,14H,4-5,8-11,17H2,1H3,(H,18,20). The normalized spacial score (nSPS) is 18.4. The van der Waals surface area contributed by atoms with Gasteiger partial charge in [-0.25, -0.2) is 0 Å². The maximum atomic E-state index is 12.8. The van der Waals surface area contributed by atoms with Crippen molar-refractivity contribution in [2.75, 3.05) is 20.1 Å². The van der Waals surface area contributed by atoms with Gasteiger partial charge in [0.15, 0.2) is 0 Å². The Hall–Kier alpha value is -1.88. The lowest BCUT2D eigenvalue weighted by Gasteiger charge is -2.34. The Morgan fingerprint density at radius 2 is 2.10 bits per heavy atom. The van der Waals surface area contributed by atoms with Crippen LogP contribution in [0.25, 0.3) is 0 Å². The van der Waals surface area contributed by atoms with Crippen molar-refractivity contribution in [1.82, 2.24) is 10.2 Å². The van der Waals surface area contributed by atoms with Gasteiger partial charge in [0.1, 0.15) is 6.04 Å². The summed E-state index contributed by atoms with van der Waals surface area (Å²) in [6, 6.07) is 7.16. The summed E-state index contributed by atoms with van der Waals surface area (Å²) in [6.07, 6.45) is 3.31. The molecule has 1 atom stereocenters. The largest absolute Gasteiger partial charge is 0.357 e. The summed E-state index contributed by atoms with van der Waals surface area (Å²) in [5.41, 5.74) is 7.23. The minimum Gasteiger partial charge on any atom is -0.357 e. The van der Waals surface area contributed by atoms with Crippen LogP contribution in [0, 0.1) is 0 Å². The fourth-order valence-corrected chi connectivity index (χ4v) is 2.87. The Balaban J connectivity index is 2.27. The van der Waals surface area contributed by atoms with Crippen molar-refractivity contribution in [3.05, 3.63) is 35.4 Å². The van der Waals surface area contributed by atoms with Gasteiger partial charge in [-0.1, -0.05) is 18.2 Å². The lowest BCUT2D eigenvalue weighted by Crippen LogP contribution is -2.51. The number of carbonyl (C=O) groups is 2. The highest BCUT2D eigenvalue weighted by Gasteiger charge is 2.32. The predicted octanol–water partition coefficient (Wildman–Crippen LogP) is 0.928. The molecule has 114 valence electrons. The third-order valence-corrected chi connectivity index (χ3v) is 3.97. The van der Waals surface area contributed by atoms with E-state index in [9.17, 15) is 9.59 Å². The number of rotatable bonds is 4. The summed E-state index contributed by atoms with van der Waals surface area (Å²) in [6.45, 7) is 1.14. The number of benzene rings is 1. The number of likely N-dealkylation sites (N-methyl/N-ethyl adjacent to an activating group) is 1. The van der Waals surface area contributed by atoms with Crippen LogP contribution in [0.1, 0.15) is 35.2 Å². The molecular weight excluding hydrogens is 266 g/mol. The number of likely N-dealkylation sites (tertiary alicyclic amines) is 1. The first-order valence-electron chi connectivity index (χ1n) is 7.49. The van der Waals surface area contributed by atoms with Crippen LogP contribution in [-0.4, -0.2) is 42.9 Å². The van der Waals surface area contributed by atoms with Crippen LogP contribution >= 0.6 is 0 Å². The SMILES string of the molecule is CNC(=O)C1CCCCN1C(=O)c1ccccc1CCN. The van der Waals surface area contributed by atoms with E-state index < -0.39 is 0 Å². The monoisotopic (exact) mass is 289 g/mol. The number of amides is 2. The second-order valence-corrected chi connectivity index (χ2v) is 5.32. The van der Waals surface area contributed by atoms with E-state index in [4.69, 9.17) is 5.73 Å². The Kier molecular flexibility index (Phi) is 5.33. The molecular formula is C16H23N3O2. The van der Waals surface area contributed by atoms with Crippen LogP contribution in [0.4, 0.5) is 0 Å². The average Bonchev–Trinajstić information content (AvgIpc) is 2.54. The van der Waals surface area contributed by atoms with E-state index in [1.165, 1.54) is 0 Å². The molecule has 0 bridgehead atoms. The lowest BCUT2D eigenvalue weighted by molar-refractivity contribution is -0.126. The van der Waals surface area contributed by atoms with E-state index in [1.54, 1.807) is 11.9 Å². The topological polar surface area (TPSA) is 75.4 Å². The van der Waals surface area contributed by atoms with Crippen molar-refractivity contribution in [2.24, 2.45) is 5.73 Å². The van der Waals surface area contributed by atoms with Crippen LogP contribution < -0.4 is 11.1 Å². The van der Waals surface area contributed by atoms with Crippen molar-refractivity contribution in [3.8, 4) is 0 Å². The van der Waals surface area contributed by atoms with Crippen LogP contribution in [0.3, 0.4) is 0 Å². The van der Waals surface area contributed by atoms with E-state index >= 15 is 0 Å². The van der Waals surface area contributed by atoms with Crippen molar-refractivity contribution in [3.63, 3.8) is 0 Å². The van der Waals surface area contributed by atoms with Gasteiger partial charge >= 0.3 is 0 Å². The van der Waals surface area contributed by atoms with Gasteiger partial charge in [0.25, 0.3) is 5.91 Å². The van der Waals surface area contributed by atoms with Crippen LogP contribution in [-0.2, 0) is 11.2 Å². The zero-order chi connectivity index (χ0) is 15.2. The van der Waals surface area contributed by atoms with E-state index in [-0.39, 0.29) is 17.9 Å². The van der Waals surface area contributed by atoms with Gasteiger partial charge in [0, 0.05) is 19.2 Å². The fourth-order valence-electron chi connectivity index (χ4n) is 2.87. The Labute approximate surface area is 125 Å². The molecule has 0 aromatic heterocycles. The summed E-state index contributed by atoms with van der Waals surface area (Å²) in [5.74, 6) is -0.147. The van der Waals surface area contributed by atoms with E-state index in [2.05, 4.69) is 5.32 Å². The number of piperidine rings is 1. The predicted molar refractivity (Wildman–Crippen MR) is 81.9 cm³/mol. The smallest absolute Gasteiger partial charge is 0.254 e. The second kappa shape index (κ2) is 7.22. The maximum absolute atomic E-state index is 12.8. The molecule has 0 aliphatic carbocycles. The highest BCUT2D eigenvalue weighted by molar-refractivity contribution is 5.98. The Morgan fingerprint density at radius 3 is 2.81 bits per heavy atom. The lowest BCUT2D eigenvalue weighted by atomic mass is 9.97. The van der Waals surface area contributed by atoms with Crippen LogP contribution in [0.15, 0.2) is 24.3 Å². The van der Waals surface area contributed by atoms with Crippen molar-refractivity contribution in [1.29, 1.82) is 0 Å². The van der Waals surface area contributed by atoms with Gasteiger partial charge in [-0.05, 0) is 43.9 Å². The molecule has 0 saturated carbocycles. The number of hydrogen-bond donors (Lipinski definition) is 2. The summed E-state index contributed by atoms with van der Waals surface area (Å²) in [7, 11) is 1.61. The highest BCUT2D eigenvalue weighted by atomic mass is 16.2. The zero-order valence-corrected chi connectivity index (χ0v) is 12.5. The summed E-state index contributed by atoms with van der Waals surface area (Å²) in [4.78, 5) is 26.5. The molecule has 1 saturated heterocycles. The number of nitrogens with two attached hydrogens (primary N) is 1. The van der Waals surface area contributed by atoms with E-state index in [0.29, 0.717) is 25.1 Å². The van der Waals surface area contributed by atoms with Crippen molar-refractivity contribution >= 4 is 11.8 Å². The van der Waals surface area contributed by atoms with Gasteiger partial charge in [-0.15, -0.1) is 0 Å². The minimum atomic E-state index is -0.359. The maximum Gasteiger partial charge on any atom is 0.254 e. The summed E-state index contributed by atoms with van der Waals surface area (Å²) < 4.78 is 0. The summed E-state index contributed by atoms with van der Waals surface area (Å²) >= 11 is 0. The molecule has 2 rings (SSSR count). The molecule has 5 nitrogen and oxygen atoms in total. The number of nitrogens with one attached hydrogen (secondary N) is 1. The zero-order valence-electron chi connectivity index (χ0n) is 12.5. The molecule has 1 aromatic carbocycles. The first-order valence-corrected chi connectivity index (χ1v) is 7.49. The molecule has 3 N–H and O–H groups in total. The first-order chi connectivity index (χ1) is 10.2. The fraction of sp³-hybridized carbons (Fsp3) is 0.500. The quantitative estimate of drug-likeness (QED) is 0.866. The molecule has 1 aromatic rings.